The fourth-order valence-corrected chi connectivity index (χ4v) is 2.91. The Morgan fingerprint density at radius 1 is 0.758 bits per heavy atom. The first-order valence-corrected chi connectivity index (χ1v) is 10.00. The van der Waals surface area contributed by atoms with E-state index in [9.17, 15) is 19.2 Å². The number of nitrogens with one attached hydrogen (secondary N) is 2. The van der Waals surface area contributed by atoms with Crippen LogP contribution in [-0.2, 0) is 9.53 Å². The Kier molecular flexibility index (Phi) is 7.54. The van der Waals surface area contributed by atoms with Crippen molar-refractivity contribution < 1.29 is 28.7 Å². The molecule has 0 heterocycles. The molecule has 0 fully saturated rings. The molecule has 0 saturated carbocycles. The predicted octanol–water partition coefficient (Wildman–Crippen LogP) is 2.85. The van der Waals surface area contributed by atoms with Gasteiger partial charge in [-0.25, -0.2) is 4.79 Å². The van der Waals surface area contributed by atoms with Gasteiger partial charge in [0.15, 0.2) is 12.4 Å². The molecule has 8 nitrogen and oxygen atoms in total. The number of ketones is 1. The van der Waals surface area contributed by atoms with Crippen molar-refractivity contribution in [1.29, 1.82) is 0 Å². The summed E-state index contributed by atoms with van der Waals surface area (Å²) in [6.07, 6.45) is 0. The highest BCUT2D eigenvalue weighted by atomic mass is 16.5. The van der Waals surface area contributed by atoms with E-state index in [1.807, 2.05) is 6.92 Å². The van der Waals surface area contributed by atoms with E-state index in [0.29, 0.717) is 16.9 Å². The van der Waals surface area contributed by atoms with Gasteiger partial charge in [0, 0.05) is 16.7 Å². The average molecular weight is 446 g/mol. The van der Waals surface area contributed by atoms with Crippen molar-refractivity contribution in [1.82, 2.24) is 10.9 Å². The maximum atomic E-state index is 12.8. The lowest BCUT2D eigenvalue weighted by molar-refractivity contribution is -0.125. The number of amides is 2. The third kappa shape index (κ3) is 6.04. The minimum atomic E-state index is -0.831. The van der Waals surface area contributed by atoms with E-state index in [-0.39, 0.29) is 16.9 Å². The molecule has 0 spiro atoms. The zero-order chi connectivity index (χ0) is 23.8. The van der Waals surface area contributed by atoms with Gasteiger partial charge in [0.2, 0.25) is 0 Å². The second-order valence-electron chi connectivity index (χ2n) is 7.05. The van der Waals surface area contributed by atoms with Crippen LogP contribution in [0.4, 0.5) is 0 Å². The Morgan fingerprint density at radius 3 is 2.00 bits per heavy atom. The average Bonchev–Trinajstić information content (AvgIpc) is 2.85. The topological polar surface area (TPSA) is 111 Å². The largest absolute Gasteiger partial charge is 0.497 e. The van der Waals surface area contributed by atoms with Gasteiger partial charge in [-0.3, -0.25) is 25.2 Å². The molecule has 168 valence electrons. The number of carbonyl (C=O) groups is 4. The number of methoxy groups -OCH3 is 1. The summed E-state index contributed by atoms with van der Waals surface area (Å²) in [6, 6.07) is 19.4. The monoisotopic (exact) mass is 446 g/mol. The molecule has 8 heteroatoms. The van der Waals surface area contributed by atoms with Crippen molar-refractivity contribution in [2.75, 3.05) is 13.7 Å². The molecule has 0 unspecified atom stereocenters. The van der Waals surface area contributed by atoms with Crippen LogP contribution in [0, 0.1) is 6.92 Å². The van der Waals surface area contributed by atoms with Crippen molar-refractivity contribution in [3.05, 3.63) is 101 Å². The minimum Gasteiger partial charge on any atom is -0.497 e. The summed E-state index contributed by atoms with van der Waals surface area (Å²) in [5, 5.41) is 0. The number of ether oxygens (including phenoxy) is 2. The van der Waals surface area contributed by atoms with E-state index in [0.717, 1.165) is 5.56 Å². The predicted molar refractivity (Wildman–Crippen MR) is 120 cm³/mol. The molecule has 0 radical (unpaired) electrons. The maximum Gasteiger partial charge on any atom is 0.339 e. The van der Waals surface area contributed by atoms with E-state index in [1.165, 1.54) is 31.4 Å². The fraction of sp³-hybridized carbons (Fsp3) is 0.120. The third-order valence-corrected chi connectivity index (χ3v) is 4.71. The molecule has 33 heavy (non-hydrogen) atoms. The standard InChI is InChI=1S/C25H22N2O6/c1-16-7-9-17(10-8-16)23(29)20-5-3-4-6-21(20)25(31)33-15-22(28)26-27-24(30)18-11-13-19(32-2)14-12-18/h3-14H,15H2,1-2H3,(H,26,28)(H,27,30). The van der Waals surface area contributed by atoms with Crippen LogP contribution in [0.15, 0.2) is 72.8 Å². The zero-order valence-electron chi connectivity index (χ0n) is 18.1. The van der Waals surface area contributed by atoms with E-state index < -0.39 is 24.4 Å². The Balaban J connectivity index is 1.57. The summed E-state index contributed by atoms with van der Waals surface area (Å²) < 4.78 is 10.1. The van der Waals surface area contributed by atoms with Gasteiger partial charge in [0.1, 0.15) is 5.75 Å². The molecule has 0 aliphatic heterocycles. The molecular formula is C25H22N2O6. The summed E-state index contributed by atoms with van der Waals surface area (Å²) >= 11 is 0. The molecule has 3 aromatic rings. The number of hydrogen-bond acceptors (Lipinski definition) is 6. The molecule has 0 saturated heterocycles. The Bertz CT molecular complexity index is 1170. The van der Waals surface area contributed by atoms with E-state index in [2.05, 4.69) is 10.9 Å². The number of carbonyl (C=O) groups excluding carboxylic acids is 4. The molecule has 0 aliphatic rings. The van der Waals surface area contributed by atoms with Crippen LogP contribution in [-0.4, -0.2) is 37.3 Å². The first-order chi connectivity index (χ1) is 15.9. The van der Waals surface area contributed by atoms with Crippen molar-refractivity contribution >= 4 is 23.6 Å². The quantitative estimate of drug-likeness (QED) is 0.328. The number of hydrazine groups is 1. The Hall–Kier alpha value is -4.46. The normalized spacial score (nSPS) is 10.1. The lowest BCUT2D eigenvalue weighted by Gasteiger charge is -2.10. The van der Waals surface area contributed by atoms with Gasteiger partial charge in [-0.15, -0.1) is 0 Å². The van der Waals surface area contributed by atoms with Crippen molar-refractivity contribution in [2.45, 2.75) is 6.92 Å². The summed E-state index contributed by atoms with van der Waals surface area (Å²) in [6.45, 7) is 1.26. The van der Waals surface area contributed by atoms with Gasteiger partial charge in [-0.2, -0.15) is 0 Å². The second kappa shape index (κ2) is 10.7. The number of aryl methyl sites for hydroxylation is 1. The van der Waals surface area contributed by atoms with Gasteiger partial charge >= 0.3 is 5.97 Å². The van der Waals surface area contributed by atoms with Gasteiger partial charge in [0.25, 0.3) is 11.8 Å². The lowest BCUT2D eigenvalue weighted by Crippen LogP contribution is -2.43. The Morgan fingerprint density at radius 2 is 1.36 bits per heavy atom. The maximum absolute atomic E-state index is 12.8. The summed E-state index contributed by atoms with van der Waals surface area (Å²) in [7, 11) is 1.51. The van der Waals surface area contributed by atoms with Gasteiger partial charge in [-0.05, 0) is 37.3 Å². The molecule has 0 atom stereocenters. The van der Waals surface area contributed by atoms with Gasteiger partial charge in [0.05, 0.1) is 12.7 Å². The molecule has 0 bridgehead atoms. The minimum absolute atomic E-state index is 0.0399. The van der Waals surface area contributed by atoms with Crippen LogP contribution >= 0.6 is 0 Å². The lowest BCUT2D eigenvalue weighted by atomic mass is 9.98. The SMILES string of the molecule is COc1ccc(C(=O)NNC(=O)COC(=O)c2ccccc2C(=O)c2ccc(C)cc2)cc1. The van der Waals surface area contributed by atoms with Crippen molar-refractivity contribution in [2.24, 2.45) is 0 Å². The fourth-order valence-electron chi connectivity index (χ4n) is 2.91. The molecule has 3 rings (SSSR count). The van der Waals surface area contributed by atoms with Crippen LogP contribution < -0.4 is 15.6 Å². The first-order valence-electron chi connectivity index (χ1n) is 10.00. The van der Waals surface area contributed by atoms with Crippen LogP contribution in [0.2, 0.25) is 0 Å². The number of hydrogen-bond donors (Lipinski definition) is 2. The van der Waals surface area contributed by atoms with Crippen molar-refractivity contribution in [3.63, 3.8) is 0 Å². The molecule has 2 amide bonds. The number of benzene rings is 3. The third-order valence-electron chi connectivity index (χ3n) is 4.71. The van der Waals surface area contributed by atoms with E-state index in [1.54, 1.807) is 48.5 Å². The molecule has 3 aromatic carbocycles. The highest BCUT2D eigenvalue weighted by Crippen LogP contribution is 2.16. The molecule has 0 aliphatic carbocycles. The van der Waals surface area contributed by atoms with Crippen molar-refractivity contribution in [3.8, 4) is 5.75 Å². The first kappa shape index (κ1) is 23.2. The molecule has 2 N–H and O–H groups in total. The van der Waals surface area contributed by atoms with Gasteiger partial charge < -0.3 is 9.47 Å². The highest BCUT2D eigenvalue weighted by molar-refractivity contribution is 6.14. The highest BCUT2D eigenvalue weighted by Gasteiger charge is 2.20. The Labute approximate surface area is 190 Å². The zero-order valence-corrected chi connectivity index (χ0v) is 18.1. The molecular weight excluding hydrogens is 424 g/mol. The second-order valence-corrected chi connectivity index (χ2v) is 7.05. The summed E-state index contributed by atoms with van der Waals surface area (Å²) in [5.41, 5.74) is 6.34. The van der Waals surface area contributed by atoms with Gasteiger partial charge in [-0.1, -0.05) is 48.0 Å². The van der Waals surface area contributed by atoms with Crippen LogP contribution in [0.5, 0.6) is 5.75 Å². The molecule has 0 aromatic heterocycles. The van der Waals surface area contributed by atoms with Crippen LogP contribution in [0.1, 0.15) is 42.2 Å². The summed E-state index contributed by atoms with van der Waals surface area (Å²) in [4.78, 5) is 49.4. The van der Waals surface area contributed by atoms with E-state index >= 15 is 0 Å². The van der Waals surface area contributed by atoms with Crippen LogP contribution in [0.3, 0.4) is 0 Å². The van der Waals surface area contributed by atoms with Crippen LogP contribution in [0.25, 0.3) is 0 Å². The smallest absolute Gasteiger partial charge is 0.339 e. The summed E-state index contributed by atoms with van der Waals surface area (Å²) in [5.74, 6) is -1.87. The number of esters is 1. The van der Waals surface area contributed by atoms with E-state index in [4.69, 9.17) is 9.47 Å². The number of rotatable bonds is 7.